The Hall–Kier alpha value is -1.64. The number of rotatable bonds is 2. The van der Waals surface area contributed by atoms with Crippen LogP contribution in [0, 0.1) is 23.7 Å². The highest BCUT2D eigenvalue weighted by Crippen LogP contribution is 2.64. The molecule has 2 fully saturated rings. The van der Waals surface area contributed by atoms with Crippen LogP contribution in [0.2, 0.25) is 0 Å². The van der Waals surface area contributed by atoms with E-state index < -0.39 is 5.41 Å². The van der Waals surface area contributed by atoms with Crippen molar-refractivity contribution in [1.82, 2.24) is 0 Å². The molecule has 2 unspecified atom stereocenters. The average Bonchev–Trinajstić information content (AvgIpc) is 2.76. The highest BCUT2D eigenvalue weighted by molar-refractivity contribution is 6.14. The van der Waals surface area contributed by atoms with E-state index in [4.69, 9.17) is 0 Å². The molecule has 1 aromatic rings. The van der Waals surface area contributed by atoms with E-state index in [-0.39, 0.29) is 17.1 Å². The van der Waals surface area contributed by atoms with Crippen molar-refractivity contribution in [2.45, 2.75) is 40.0 Å². The molecule has 3 nitrogen and oxygen atoms in total. The Morgan fingerprint density at radius 3 is 2.55 bits per heavy atom. The van der Waals surface area contributed by atoms with Gasteiger partial charge in [-0.3, -0.25) is 9.59 Å². The van der Waals surface area contributed by atoms with Gasteiger partial charge in [-0.05, 0) is 42.7 Å². The third-order valence-electron chi connectivity index (χ3n) is 5.68. The van der Waals surface area contributed by atoms with Crippen LogP contribution in [0.15, 0.2) is 24.3 Å². The van der Waals surface area contributed by atoms with Crippen molar-refractivity contribution in [3.8, 4) is 0 Å². The number of aryl methyl sites for hydroxylation is 1. The predicted molar refractivity (Wildman–Crippen MR) is 78.4 cm³/mol. The summed E-state index contributed by atoms with van der Waals surface area (Å²) in [7, 11) is 0. The van der Waals surface area contributed by atoms with Crippen molar-refractivity contribution in [3.63, 3.8) is 0 Å². The zero-order chi connectivity index (χ0) is 14.5. The Labute approximate surface area is 119 Å². The Morgan fingerprint density at radius 1 is 1.30 bits per heavy atom. The molecule has 2 aliphatic rings. The van der Waals surface area contributed by atoms with E-state index in [0.29, 0.717) is 18.8 Å². The molecule has 0 spiro atoms. The zero-order valence-electron chi connectivity index (χ0n) is 12.3. The third kappa shape index (κ3) is 1.52. The van der Waals surface area contributed by atoms with Gasteiger partial charge >= 0.3 is 0 Å². The molecule has 3 rings (SSSR count). The summed E-state index contributed by atoms with van der Waals surface area (Å²) in [5, 5.41) is 3.00. The highest BCUT2D eigenvalue weighted by atomic mass is 16.2. The largest absolute Gasteiger partial charge is 0.325 e. The number of anilines is 1. The molecule has 0 aromatic heterocycles. The van der Waals surface area contributed by atoms with Crippen molar-refractivity contribution in [2.24, 2.45) is 16.7 Å². The molecule has 2 saturated carbocycles. The lowest BCUT2D eigenvalue weighted by atomic mass is 9.68. The van der Waals surface area contributed by atoms with Gasteiger partial charge in [0.15, 0.2) is 0 Å². The molecule has 0 saturated heterocycles. The van der Waals surface area contributed by atoms with E-state index in [1.54, 1.807) is 0 Å². The van der Waals surface area contributed by atoms with Crippen LogP contribution >= 0.6 is 0 Å². The fourth-order valence-corrected chi connectivity index (χ4v) is 4.15. The van der Waals surface area contributed by atoms with Gasteiger partial charge in [0.2, 0.25) is 5.91 Å². The van der Waals surface area contributed by atoms with Gasteiger partial charge in [-0.2, -0.15) is 0 Å². The van der Waals surface area contributed by atoms with E-state index in [9.17, 15) is 9.59 Å². The van der Waals surface area contributed by atoms with Gasteiger partial charge in [0.1, 0.15) is 11.2 Å². The van der Waals surface area contributed by atoms with Crippen LogP contribution in [0.3, 0.4) is 0 Å². The van der Waals surface area contributed by atoms with Crippen LogP contribution in [0.4, 0.5) is 5.69 Å². The Morgan fingerprint density at radius 2 is 2.00 bits per heavy atom. The molecule has 1 amide bonds. The summed E-state index contributed by atoms with van der Waals surface area (Å²) >= 11 is 0. The van der Waals surface area contributed by atoms with Gasteiger partial charge in [0.25, 0.3) is 0 Å². The van der Waals surface area contributed by atoms with Crippen LogP contribution in [-0.2, 0) is 9.59 Å². The molecule has 3 heteroatoms. The van der Waals surface area contributed by atoms with Crippen LogP contribution in [0.5, 0.6) is 0 Å². The van der Waals surface area contributed by atoms with Crippen molar-refractivity contribution in [1.29, 1.82) is 0 Å². The number of hydrogen-bond acceptors (Lipinski definition) is 2. The summed E-state index contributed by atoms with van der Waals surface area (Å²) in [6.45, 7) is 6.12. The molecule has 1 N–H and O–H groups in total. The summed E-state index contributed by atoms with van der Waals surface area (Å²) in [5.41, 5.74) is 0.789. The fourth-order valence-electron chi connectivity index (χ4n) is 4.15. The van der Waals surface area contributed by atoms with Gasteiger partial charge in [-0.25, -0.2) is 0 Å². The normalized spacial score (nSPS) is 30.6. The number of carbonyl (C=O) groups is 2. The molecule has 106 valence electrons. The summed E-state index contributed by atoms with van der Waals surface area (Å²) in [5.74, 6) is 0.379. The molecule has 0 aliphatic heterocycles. The number of amides is 1. The first-order chi connectivity index (χ1) is 9.39. The lowest BCUT2D eigenvalue weighted by Gasteiger charge is -2.35. The van der Waals surface area contributed by atoms with E-state index in [0.717, 1.165) is 17.7 Å². The second kappa shape index (κ2) is 4.18. The van der Waals surface area contributed by atoms with Crippen molar-refractivity contribution in [3.05, 3.63) is 29.8 Å². The first-order valence-corrected chi connectivity index (χ1v) is 7.30. The second-order valence-electron chi connectivity index (χ2n) is 6.76. The summed E-state index contributed by atoms with van der Waals surface area (Å²) in [4.78, 5) is 25.3. The fraction of sp³-hybridized carbons (Fsp3) is 0.529. The number of ketones is 1. The SMILES string of the molecule is Cc1ccccc1NC(=O)C12CCC(CC1=O)C2(C)C. The van der Waals surface area contributed by atoms with E-state index in [1.165, 1.54) is 0 Å². The number of para-hydroxylation sites is 1. The second-order valence-corrected chi connectivity index (χ2v) is 6.76. The number of benzene rings is 1. The topological polar surface area (TPSA) is 46.2 Å². The summed E-state index contributed by atoms with van der Waals surface area (Å²) < 4.78 is 0. The number of carbonyl (C=O) groups excluding carboxylic acids is 2. The zero-order valence-corrected chi connectivity index (χ0v) is 12.3. The molecular formula is C17H21NO2. The van der Waals surface area contributed by atoms with Crippen LogP contribution in [0.25, 0.3) is 0 Å². The van der Waals surface area contributed by atoms with Gasteiger partial charge < -0.3 is 5.32 Å². The van der Waals surface area contributed by atoms with E-state index in [1.807, 2.05) is 31.2 Å². The molecule has 2 atom stereocenters. The highest BCUT2D eigenvalue weighted by Gasteiger charge is 2.68. The maximum Gasteiger partial charge on any atom is 0.238 e. The molecule has 2 bridgehead atoms. The molecular weight excluding hydrogens is 250 g/mol. The van der Waals surface area contributed by atoms with Gasteiger partial charge in [0.05, 0.1) is 0 Å². The van der Waals surface area contributed by atoms with Crippen molar-refractivity contribution in [2.75, 3.05) is 5.32 Å². The van der Waals surface area contributed by atoms with Crippen molar-refractivity contribution < 1.29 is 9.59 Å². The first kappa shape index (κ1) is 13.3. The van der Waals surface area contributed by atoms with Crippen LogP contribution in [-0.4, -0.2) is 11.7 Å². The summed E-state index contributed by atoms with van der Waals surface area (Å²) in [6.07, 6.45) is 2.25. The first-order valence-electron chi connectivity index (χ1n) is 7.30. The maximum atomic E-state index is 12.8. The number of hydrogen-bond donors (Lipinski definition) is 1. The Balaban J connectivity index is 1.94. The molecule has 0 heterocycles. The molecule has 2 aliphatic carbocycles. The Kier molecular flexibility index (Phi) is 2.79. The average molecular weight is 271 g/mol. The van der Waals surface area contributed by atoms with E-state index >= 15 is 0 Å². The quantitative estimate of drug-likeness (QED) is 0.839. The Bertz CT molecular complexity index is 590. The minimum Gasteiger partial charge on any atom is -0.325 e. The smallest absolute Gasteiger partial charge is 0.238 e. The van der Waals surface area contributed by atoms with Gasteiger partial charge in [0, 0.05) is 12.1 Å². The standard InChI is InChI=1S/C17H21NO2/c1-11-6-4-5-7-13(11)18-15(20)17-9-8-12(10-14(17)19)16(17,2)3/h4-7,12H,8-10H2,1-3H3,(H,18,20). The number of fused-ring (bicyclic) bond motifs is 2. The van der Waals surface area contributed by atoms with Crippen LogP contribution < -0.4 is 5.32 Å². The molecule has 0 radical (unpaired) electrons. The molecule has 1 aromatic carbocycles. The summed E-state index contributed by atoms with van der Waals surface area (Å²) in [6, 6.07) is 7.70. The van der Waals surface area contributed by atoms with Crippen LogP contribution in [0.1, 0.15) is 38.7 Å². The molecule has 20 heavy (non-hydrogen) atoms. The monoisotopic (exact) mass is 271 g/mol. The minimum atomic E-state index is -0.819. The van der Waals surface area contributed by atoms with Gasteiger partial charge in [-0.15, -0.1) is 0 Å². The maximum absolute atomic E-state index is 12.8. The minimum absolute atomic E-state index is 0.109. The third-order valence-corrected chi connectivity index (χ3v) is 5.68. The van der Waals surface area contributed by atoms with Gasteiger partial charge in [-0.1, -0.05) is 32.0 Å². The lowest BCUT2D eigenvalue weighted by Crippen LogP contribution is -2.46. The lowest BCUT2D eigenvalue weighted by molar-refractivity contribution is -0.141. The van der Waals surface area contributed by atoms with Crippen molar-refractivity contribution >= 4 is 17.4 Å². The number of Topliss-reactive ketones (excluding diaryl/α,β-unsaturated/α-hetero) is 1. The number of nitrogens with one attached hydrogen (secondary N) is 1. The van der Waals surface area contributed by atoms with E-state index in [2.05, 4.69) is 19.2 Å². The predicted octanol–water partition coefficient (Wildman–Crippen LogP) is 3.33.